The smallest absolute Gasteiger partial charge is 0.183 e. The van der Waals surface area contributed by atoms with E-state index >= 15 is 0 Å². The van der Waals surface area contributed by atoms with Crippen LogP contribution in [0.2, 0.25) is 0 Å². The maximum Gasteiger partial charge on any atom is 0.183 e. The maximum atomic E-state index is 4.10. The van der Waals surface area contributed by atoms with E-state index in [1.807, 2.05) is 7.05 Å². The van der Waals surface area contributed by atoms with E-state index < -0.39 is 0 Å². The number of thioether (sulfide) groups is 1. The number of aryl methyl sites for hydroxylation is 1. The van der Waals surface area contributed by atoms with E-state index in [0.717, 1.165) is 10.9 Å². The summed E-state index contributed by atoms with van der Waals surface area (Å²) in [4.78, 5) is 4.10. The molecule has 0 saturated carbocycles. The van der Waals surface area contributed by atoms with E-state index in [9.17, 15) is 0 Å². The highest BCUT2D eigenvalue weighted by Crippen LogP contribution is 2.21. The first kappa shape index (κ1) is 12.1. The van der Waals surface area contributed by atoms with Crippen LogP contribution in [0.1, 0.15) is 17.2 Å². The Labute approximate surface area is 105 Å². The van der Waals surface area contributed by atoms with Gasteiger partial charge in [0.2, 0.25) is 0 Å². The summed E-state index contributed by atoms with van der Waals surface area (Å²) in [7, 11) is 1.98. The Morgan fingerprint density at radius 2 is 2.12 bits per heavy atom. The van der Waals surface area contributed by atoms with Crippen LogP contribution in [0.4, 0.5) is 0 Å². The van der Waals surface area contributed by atoms with Crippen LogP contribution in [-0.2, 0) is 0 Å². The summed E-state index contributed by atoms with van der Waals surface area (Å²) in [5, 5.41) is 10.9. The lowest BCUT2D eigenvalue weighted by Gasteiger charge is -2.15. The molecular formula is C12H16N4S. The lowest BCUT2D eigenvalue weighted by Crippen LogP contribution is -2.18. The highest BCUT2D eigenvalue weighted by Gasteiger charge is 2.10. The Morgan fingerprint density at radius 3 is 2.71 bits per heavy atom. The Morgan fingerprint density at radius 1 is 1.35 bits per heavy atom. The minimum atomic E-state index is 0.325. The zero-order valence-electron chi connectivity index (χ0n) is 9.97. The van der Waals surface area contributed by atoms with Gasteiger partial charge >= 0.3 is 0 Å². The summed E-state index contributed by atoms with van der Waals surface area (Å²) >= 11 is 1.67. The van der Waals surface area contributed by atoms with Crippen LogP contribution >= 0.6 is 11.8 Å². The number of hydrogen-bond acceptors (Lipinski definition) is 4. The fourth-order valence-corrected chi connectivity index (χ4v) is 2.49. The number of nitrogens with zero attached hydrogens (tertiary/aromatic N) is 2. The van der Waals surface area contributed by atoms with E-state index in [2.05, 4.69) is 51.7 Å². The summed E-state index contributed by atoms with van der Waals surface area (Å²) in [6, 6.07) is 8.93. The average molecular weight is 248 g/mol. The number of hydrogen-bond donors (Lipinski definition) is 2. The molecule has 0 saturated heterocycles. The second-order valence-electron chi connectivity index (χ2n) is 3.85. The van der Waals surface area contributed by atoms with Crippen LogP contribution in [0, 0.1) is 6.92 Å². The molecule has 0 radical (unpaired) electrons. The third-order valence-electron chi connectivity index (χ3n) is 2.61. The fourth-order valence-electron chi connectivity index (χ4n) is 1.57. The topological polar surface area (TPSA) is 53.6 Å². The van der Waals surface area contributed by atoms with Gasteiger partial charge in [0.1, 0.15) is 6.33 Å². The van der Waals surface area contributed by atoms with Gasteiger partial charge in [-0.25, -0.2) is 4.98 Å². The molecule has 5 heteroatoms. The predicted molar refractivity (Wildman–Crippen MR) is 70.1 cm³/mol. The second kappa shape index (κ2) is 5.84. The fraction of sp³-hybridized carbons (Fsp3) is 0.333. The van der Waals surface area contributed by atoms with Gasteiger partial charge in [-0.15, -0.1) is 0 Å². The molecule has 0 aliphatic carbocycles. The largest absolute Gasteiger partial charge is 0.312 e. The van der Waals surface area contributed by atoms with Crippen molar-refractivity contribution < 1.29 is 0 Å². The Balaban J connectivity index is 1.99. The van der Waals surface area contributed by atoms with E-state index in [4.69, 9.17) is 0 Å². The van der Waals surface area contributed by atoms with Crippen molar-refractivity contribution in [1.82, 2.24) is 20.5 Å². The first-order valence-electron chi connectivity index (χ1n) is 5.51. The van der Waals surface area contributed by atoms with Gasteiger partial charge in [0, 0.05) is 11.8 Å². The van der Waals surface area contributed by atoms with Crippen LogP contribution in [0.3, 0.4) is 0 Å². The van der Waals surface area contributed by atoms with E-state index in [0.29, 0.717) is 6.04 Å². The molecule has 1 aromatic heterocycles. The van der Waals surface area contributed by atoms with Gasteiger partial charge in [0.05, 0.1) is 0 Å². The summed E-state index contributed by atoms with van der Waals surface area (Å²) in [5.74, 6) is 0.925. The van der Waals surface area contributed by atoms with Crippen molar-refractivity contribution >= 4 is 11.8 Å². The third kappa shape index (κ3) is 3.31. The second-order valence-corrected chi connectivity index (χ2v) is 4.86. The van der Waals surface area contributed by atoms with Crippen molar-refractivity contribution in [3.8, 4) is 0 Å². The first-order valence-corrected chi connectivity index (χ1v) is 6.50. The third-order valence-corrected chi connectivity index (χ3v) is 3.58. The summed E-state index contributed by atoms with van der Waals surface area (Å²) < 4.78 is 0. The normalized spacial score (nSPS) is 12.6. The highest BCUT2D eigenvalue weighted by molar-refractivity contribution is 7.99. The molecule has 17 heavy (non-hydrogen) atoms. The number of benzene rings is 1. The molecular weight excluding hydrogens is 232 g/mol. The van der Waals surface area contributed by atoms with Gasteiger partial charge in [-0.2, -0.15) is 5.10 Å². The molecule has 2 N–H and O–H groups in total. The first-order chi connectivity index (χ1) is 8.29. The standard InChI is InChI=1S/C12H16N4S/c1-9-3-5-10(6-4-9)11(13-2)7-17-12-14-8-15-16-12/h3-6,8,11,13H,7H2,1-2H3,(H,14,15,16). The van der Waals surface area contributed by atoms with E-state index in [1.165, 1.54) is 17.5 Å². The van der Waals surface area contributed by atoms with Crippen molar-refractivity contribution in [2.75, 3.05) is 12.8 Å². The molecule has 1 heterocycles. The maximum absolute atomic E-state index is 4.10. The van der Waals surface area contributed by atoms with Crippen molar-refractivity contribution in [2.45, 2.75) is 18.1 Å². The van der Waals surface area contributed by atoms with Crippen molar-refractivity contribution in [3.63, 3.8) is 0 Å². The molecule has 0 fully saturated rings. The molecule has 2 aromatic rings. The van der Waals surface area contributed by atoms with Crippen LogP contribution in [0.15, 0.2) is 35.7 Å². The molecule has 0 amide bonds. The Hall–Kier alpha value is -1.33. The average Bonchev–Trinajstić information content (AvgIpc) is 2.85. The lowest BCUT2D eigenvalue weighted by molar-refractivity contribution is 0.661. The van der Waals surface area contributed by atoms with E-state index in [1.54, 1.807) is 11.8 Å². The lowest BCUT2D eigenvalue weighted by atomic mass is 10.1. The monoisotopic (exact) mass is 248 g/mol. The number of rotatable bonds is 5. The number of aromatic nitrogens is 3. The summed E-state index contributed by atoms with van der Waals surface area (Å²) in [5.41, 5.74) is 2.58. The van der Waals surface area contributed by atoms with Gasteiger partial charge in [0.25, 0.3) is 0 Å². The Kier molecular flexibility index (Phi) is 4.17. The SMILES string of the molecule is CNC(CSc1ncn[nH]1)c1ccc(C)cc1. The minimum absolute atomic E-state index is 0.325. The van der Waals surface area contributed by atoms with Crippen LogP contribution < -0.4 is 5.32 Å². The Bertz CT molecular complexity index is 438. The zero-order valence-corrected chi connectivity index (χ0v) is 10.8. The predicted octanol–water partition coefficient (Wildman–Crippen LogP) is 2.17. The zero-order chi connectivity index (χ0) is 12.1. The molecule has 1 aromatic carbocycles. The summed E-state index contributed by atoms with van der Waals surface area (Å²) in [6.07, 6.45) is 1.53. The summed E-state index contributed by atoms with van der Waals surface area (Å²) in [6.45, 7) is 2.10. The van der Waals surface area contributed by atoms with Gasteiger partial charge in [-0.3, -0.25) is 5.10 Å². The molecule has 1 atom stereocenters. The van der Waals surface area contributed by atoms with Gasteiger partial charge < -0.3 is 5.32 Å². The molecule has 0 spiro atoms. The van der Waals surface area contributed by atoms with Crippen molar-refractivity contribution in [3.05, 3.63) is 41.7 Å². The van der Waals surface area contributed by atoms with Crippen molar-refractivity contribution in [2.24, 2.45) is 0 Å². The molecule has 0 aliphatic heterocycles. The van der Waals surface area contributed by atoms with Crippen LogP contribution in [0.5, 0.6) is 0 Å². The molecule has 0 bridgehead atoms. The highest BCUT2D eigenvalue weighted by atomic mass is 32.2. The molecule has 4 nitrogen and oxygen atoms in total. The molecule has 90 valence electrons. The quantitative estimate of drug-likeness (QED) is 0.796. The number of aromatic amines is 1. The van der Waals surface area contributed by atoms with E-state index in [-0.39, 0.29) is 0 Å². The minimum Gasteiger partial charge on any atom is -0.312 e. The van der Waals surface area contributed by atoms with Crippen LogP contribution in [-0.4, -0.2) is 28.0 Å². The molecule has 0 aliphatic rings. The van der Waals surface area contributed by atoms with Crippen molar-refractivity contribution in [1.29, 1.82) is 0 Å². The van der Waals surface area contributed by atoms with Gasteiger partial charge in [-0.05, 0) is 19.5 Å². The number of nitrogens with one attached hydrogen (secondary N) is 2. The number of H-pyrrole nitrogens is 1. The van der Waals surface area contributed by atoms with Gasteiger partial charge in [0.15, 0.2) is 5.16 Å². The van der Waals surface area contributed by atoms with Crippen LogP contribution in [0.25, 0.3) is 0 Å². The van der Waals surface area contributed by atoms with Gasteiger partial charge in [-0.1, -0.05) is 41.6 Å². The molecule has 2 rings (SSSR count). The molecule has 1 unspecified atom stereocenters.